The molecule has 0 atom stereocenters. The van der Waals surface area contributed by atoms with Gasteiger partial charge in [-0.2, -0.15) is 18.4 Å². The van der Waals surface area contributed by atoms with E-state index in [9.17, 15) is 17.6 Å². The third-order valence-corrected chi connectivity index (χ3v) is 2.80. The first-order chi connectivity index (χ1) is 9.82. The second kappa shape index (κ2) is 5.58. The number of halogens is 5. The van der Waals surface area contributed by atoms with Crippen molar-refractivity contribution in [1.82, 2.24) is 4.98 Å². The highest BCUT2D eigenvalue weighted by molar-refractivity contribution is 6.31. The molecule has 0 radical (unpaired) electrons. The number of pyridine rings is 1. The van der Waals surface area contributed by atoms with E-state index in [1.807, 2.05) is 0 Å². The van der Waals surface area contributed by atoms with E-state index in [0.29, 0.717) is 6.07 Å². The van der Waals surface area contributed by atoms with Gasteiger partial charge in [-0.3, -0.25) is 0 Å². The van der Waals surface area contributed by atoms with E-state index in [4.69, 9.17) is 16.9 Å². The molecule has 0 spiro atoms. The Balaban J connectivity index is 2.48. The predicted octanol–water partition coefficient (Wildman–Crippen LogP) is 4.51. The Kier molecular flexibility index (Phi) is 4.00. The fourth-order valence-electron chi connectivity index (χ4n) is 1.53. The first-order valence-corrected chi connectivity index (χ1v) is 5.90. The monoisotopic (exact) mass is 315 g/mol. The van der Waals surface area contributed by atoms with Crippen molar-refractivity contribution in [3.63, 3.8) is 0 Å². The summed E-state index contributed by atoms with van der Waals surface area (Å²) in [6, 6.07) is 7.28. The average molecular weight is 316 g/mol. The van der Waals surface area contributed by atoms with Gasteiger partial charge in [0.25, 0.3) is 0 Å². The van der Waals surface area contributed by atoms with Gasteiger partial charge >= 0.3 is 6.18 Å². The van der Waals surface area contributed by atoms with Crippen LogP contribution in [0.1, 0.15) is 11.3 Å². The topological polar surface area (TPSA) is 48.7 Å². The van der Waals surface area contributed by atoms with E-state index in [2.05, 4.69) is 10.3 Å². The summed E-state index contributed by atoms with van der Waals surface area (Å²) in [6.07, 6.45) is -4.67. The second-order valence-corrected chi connectivity index (χ2v) is 4.34. The van der Waals surface area contributed by atoms with Crippen LogP contribution in [0.2, 0.25) is 5.02 Å². The SMILES string of the molecule is N#Cc1ccc(C(F)(F)F)nc1Nc1cccc(Cl)c1F. The average Bonchev–Trinajstić information content (AvgIpc) is 2.43. The molecular formula is C13H6ClF4N3. The highest BCUT2D eigenvalue weighted by Gasteiger charge is 2.33. The van der Waals surface area contributed by atoms with Crippen molar-refractivity contribution in [2.24, 2.45) is 0 Å². The molecule has 0 saturated carbocycles. The number of alkyl halides is 3. The van der Waals surface area contributed by atoms with Gasteiger partial charge in [-0.1, -0.05) is 17.7 Å². The van der Waals surface area contributed by atoms with E-state index in [1.165, 1.54) is 18.2 Å². The van der Waals surface area contributed by atoms with Crippen molar-refractivity contribution in [2.75, 3.05) is 5.32 Å². The molecule has 2 rings (SSSR count). The Labute approximate surface area is 121 Å². The van der Waals surface area contributed by atoms with E-state index in [-0.39, 0.29) is 16.3 Å². The molecule has 2 aromatic rings. The number of hydrogen-bond donors (Lipinski definition) is 1. The molecule has 21 heavy (non-hydrogen) atoms. The van der Waals surface area contributed by atoms with Crippen LogP contribution in [-0.2, 0) is 6.18 Å². The third-order valence-electron chi connectivity index (χ3n) is 2.51. The zero-order valence-electron chi connectivity index (χ0n) is 10.2. The number of nitriles is 1. The zero-order chi connectivity index (χ0) is 15.6. The lowest BCUT2D eigenvalue weighted by molar-refractivity contribution is -0.141. The lowest BCUT2D eigenvalue weighted by Crippen LogP contribution is -2.10. The summed E-state index contributed by atoms with van der Waals surface area (Å²) in [5.74, 6) is -1.24. The smallest absolute Gasteiger partial charge is 0.337 e. The quantitative estimate of drug-likeness (QED) is 0.830. The van der Waals surface area contributed by atoms with Gasteiger partial charge in [0.15, 0.2) is 5.82 Å². The van der Waals surface area contributed by atoms with Crippen LogP contribution in [0.5, 0.6) is 0 Å². The van der Waals surface area contributed by atoms with Crippen molar-refractivity contribution >= 4 is 23.1 Å². The van der Waals surface area contributed by atoms with Gasteiger partial charge in [0.05, 0.1) is 16.3 Å². The van der Waals surface area contributed by atoms with Crippen LogP contribution in [0.15, 0.2) is 30.3 Å². The van der Waals surface area contributed by atoms with Crippen LogP contribution < -0.4 is 5.32 Å². The van der Waals surface area contributed by atoms with Gasteiger partial charge in [0.2, 0.25) is 0 Å². The molecule has 108 valence electrons. The van der Waals surface area contributed by atoms with E-state index in [1.54, 1.807) is 6.07 Å². The van der Waals surface area contributed by atoms with Crippen LogP contribution in [0.4, 0.5) is 29.1 Å². The van der Waals surface area contributed by atoms with Crippen LogP contribution in [0.25, 0.3) is 0 Å². The minimum Gasteiger partial charge on any atom is -0.337 e. The van der Waals surface area contributed by atoms with Crippen molar-refractivity contribution < 1.29 is 17.6 Å². The number of nitrogens with one attached hydrogen (secondary N) is 1. The summed E-state index contributed by atoms with van der Waals surface area (Å²) in [4.78, 5) is 3.31. The maximum Gasteiger partial charge on any atom is 0.433 e. The molecule has 0 aliphatic rings. The molecule has 3 nitrogen and oxygen atoms in total. The summed E-state index contributed by atoms with van der Waals surface area (Å²) in [6.45, 7) is 0. The standard InChI is InChI=1S/C13H6ClF4N3/c14-8-2-1-3-9(11(8)15)20-12-7(6-19)4-5-10(21-12)13(16,17)18/h1-5H,(H,20,21). The molecule has 1 N–H and O–H groups in total. The fraction of sp³-hybridized carbons (Fsp3) is 0.0769. The largest absolute Gasteiger partial charge is 0.433 e. The summed E-state index contributed by atoms with van der Waals surface area (Å²) >= 11 is 5.58. The lowest BCUT2D eigenvalue weighted by atomic mass is 10.2. The van der Waals surface area contributed by atoms with Gasteiger partial charge in [-0.05, 0) is 24.3 Å². The third kappa shape index (κ3) is 3.23. The van der Waals surface area contributed by atoms with E-state index in [0.717, 1.165) is 6.07 Å². The van der Waals surface area contributed by atoms with Gasteiger partial charge in [0.1, 0.15) is 17.6 Å². The predicted molar refractivity (Wildman–Crippen MR) is 68.6 cm³/mol. The summed E-state index contributed by atoms with van der Waals surface area (Å²) in [7, 11) is 0. The van der Waals surface area contributed by atoms with Gasteiger partial charge in [-0.25, -0.2) is 9.37 Å². The zero-order valence-corrected chi connectivity index (χ0v) is 10.9. The van der Waals surface area contributed by atoms with Crippen LogP contribution in [0.3, 0.4) is 0 Å². The molecule has 1 heterocycles. The summed E-state index contributed by atoms with van der Waals surface area (Å²) < 4.78 is 51.6. The van der Waals surface area contributed by atoms with Crippen molar-refractivity contribution in [3.05, 3.63) is 52.4 Å². The number of hydrogen-bond acceptors (Lipinski definition) is 3. The van der Waals surface area contributed by atoms with Gasteiger partial charge in [-0.15, -0.1) is 0 Å². The minimum atomic E-state index is -4.67. The molecule has 0 bridgehead atoms. The highest BCUT2D eigenvalue weighted by atomic mass is 35.5. The lowest BCUT2D eigenvalue weighted by Gasteiger charge is -2.12. The first-order valence-electron chi connectivity index (χ1n) is 5.52. The van der Waals surface area contributed by atoms with Gasteiger partial charge in [0, 0.05) is 0 Å². The molecule has 0 amide bonds. The Morgan fingerprint density at radius 1 is 1.19 bits per heavy atom. The maximum atomic E-state index is 13.7. The molecule has 0 aliphatic heterocycles. The number of benzene rings is 1. The Morgan fingerprint density at radius 2 is 1.90 bits per heavy atom. The molecule has 0 saturated heterocycles. The number of aromatic nitrogens is 1. The summed E-state index contributed by atoms with van der Waals surface area (Å²) in [5, 5.41) is 11.0. The number of anilines is 2. The molecule has 0 aliphatic carbocycles. The molecule has 8 heteroatoms. The first kappa shape index (κ1) is 15.1. The maximum absolute atomic E-state index is 13.7. The van der Waals surface area contributed by atoms with Crippen LogP contribution in [-0.4, -0.2) is 4.98 Å². The van der Waals surface area contributed by atoms with Crippen LogP contribution in [0, 0.1) is 17.1 Å². The Bertz CT molecular complexity index is 722. The van der Waals surface area contributed by atoms with E-state index < -0.39 is 23.5 Å². The molecule has 1 aromatic heterocycles. The van der Waals surface area contributed by atoms with Gasteiger partial charge < -0.3 is 5.32 Å². The van der Waals surface area contributed by atoms with Crippen LogP contribution >= 0.6 is 11.6 Å². The number of rotatable bonds is 2. The summed E-state index contributed by atoms with van der Waals surface area (Å²) in [5.41, 5.74) is -1.51. The molecule has 0 fully saturated rings. The molecule has 0 unspecified atom stereocenters. The normalized spacial score (nSPS) is 11.0. The molecular weight excluding hydrogens is 310 g/mol. The Hall–Kier alpha value is -2.33. The van der Waals surface area contributed by atoms with Crippen molar-refractivity contribution in [1.29, 1.82) is 5.26 Å². The second-order valence-electron chi connectivity index (χ2n) is 3.93. The molecule has 1 aromatic carbocycles. The Morgan fingerprint density at radius 3 is 2.52 bits per heavy atom. The van der Waals surface area contributed by atoms with Crippen molar-refractivity contribution in [2.45, 2.75) is 6.18 Å². The minimum absolute atomic E-state index is 0.151. The fourth-order valence-corrected chi connectivity index (χ4v) is 1.70. The van der Waals surface area contributed by atoms with E-state index >= 15 is 0 Å². The highest BCUT2D eigenvalue weighted by Crippen LogP contribution is 2.31. The number of nitrogens with zero attached hydrogens (tertiary/aromatic N) is 2. The van der Waals surface area contributed by atoms with Crippen molar-refractivity contribution in [3.8, 4) is 6.07 Å².